The minimum absolute atomic E-state index is 0.111. The van der Waals surface area contributed by atoms with E-state index >= 15 is 0 Å². The summed E-state index contributed by atoms with van der Waals surface area (Å²) in [4.78, 5) is 12.1. The zero-order chi connectivity index (χ0) is 14.4. The van der Waals surface area contributed by atoms with Gasteiger partial charge in [0, 0.05) is 0 Å². The smallest absolute Gasteiger partial charge is 0.347 e. The maximum absolute atomic E-state index is 12.1. The molecule has 20 heavy (non-hydrogen) atoms. The number of carbonyl (C=O) groups is 1. The van der Waals surface area contributed by atoms with E-state index < -0.39 is 5.97 Å². The molecule has 0 saturated carbocycles. The maximum Gasteiger partial charge on any atom is 0.347 e. The van der Waals surface area contributed by atoms with Crippen molar-refractivity contribution < 1.29 is 19.4 Å². The Bertz CT molecular complexity index is 602. The van der Waals surface area contributed by atoms with Crippen LogP contribution in [0.15, 0.2) is 61.2 Å². The van der Waals surface area contributed by atoms with E-state index in [0.29, 0.717) is 23.7 Å². The highest BCUT2D eigenvalue weighted by molar-refractivity contribution is 5.94. The summed E-state index contributed by atoms with van der Waals surface area (Å²) < 4.78 is 10.6. The van der Waals surface area contributed by atoms with Crippen LogP contribution in [-0.2, 0) is 0 Å². The lowest BCUT2D eigenvalue weighted by molar-refractivity contribution is 0.0730. The number of phenolic OH excluding ortho intramolecular Hbond substituents is 1. The summed E-state index contributed by atoms with van der Waals surface area (Å²) in [5.74, 6) is 0.386. The topological polar surface area (TPSA) is 55.8 Å². The molecule has 0 unspecified atom stereocenters. The van der Waals surface area contributed by atoms with Gasteiger partial charge in [-0.25, -0.2) is 4.79 Å². The molecule has 0 aliphatic heterocycles. The fourth-order valence-electron chi connectivity index (χ4n) is 1.59. The first-order chi connectivity index (χ1) is 9.70. The zero-order valence-electron chi connectivity index (χ0n) is 10.8. The number of ether oxygens (including phenoxy) is 2. The van der Waals surface area contributed by atoms with Crippen LogP contribution in [0.4, 0.5) is 0 Å². The van der Waals surface area contributed by atoms with E-state index in [4.69, 9.17) is 9.47 Å². The number of esters is 1. The molecule has 2 rings (SSSR count). The molecule has 2 aromatic rings. The second-order valence-corrected chi connectivity index (χ2v) is 3.98. The van der Waals surface area contributed by atoms with E-state index in [9.17, 15) is 9.90 Å². The van der Waals surface area contributed by atoms with E-state index in [2.05, 4.69) is 6.58 Å². The second-order valence-electron chi connectivity index (χ2n) is 3.98. The summed E-state index contributed by atoms with van der Waals surface area (Å²) in [7, 11) is 0. The molecule has 0 bridgehead atoms. The number of para-hydroxylation sites is 1. The zero-order valence-corrected chi connectivity index (χ0v) is 10.8. The average molecular weight is 270 g/mol. The van der Waals surface area contributed by atoms with Gasteiger partial charge < -0.3 is 14.6 Å². The number of phenols is 1. The molecule has 0 fully saturated rings. The minimum Gasteiger partial charge on any atom is -0.508 e. The molecule has 0 aliphatic carbocycles. The molecule has 102 valence electrons. The highest BCUT2D eigenvalue weighted by Crippen LogP contribution is 2.22. The predicted molar refractivity (Wildman–Crippen MR) is 75.2 cm³/mol. The van der Waals surface area contributed by atoms with Crippen molar-refractivity contribution in [2.75, 3.05) is 6.61 Å². The van der Waals surface area contributed by atoms with Gasteiger partial charge in [0.2, 0.25) is 0 Å². The Hall–Kier alpha value is -2.75. The first-order valence-corrected chi connectivity index (χ1v) is 6.04. The number of hydrogen-bond acceptors (Lipinski definition) is 4. The van der Waals surface area contributed by atoms with Gasteiger partial charge in [0.15, 0.2) is 0 Å². The molecule has 0 saturated heterocycles. The average Bonchev–Trinajstić information content (AvgIpc) is 2.47. The molecule has 0 heterocycles. The summed E-state index contributed by atoms with van der Waals surface area (Å²) in [6, 6.07) is 12.7. The monoisotopic (exact) mass is 270 g/mol. The number of benzene rings is 2. The van der Waals surface area contributed by atoms with Crippen molar-refractivity contribution in [3.8, 4) is 17.2 Å². The summed E-state index contributed by atoms with van der Waals surface area (Å²) in [5.41, 5.74) is 0.336. The first-order valence-electron chi connectivity index (χ1n) is 6.04. The lowest BCUT2D eigenvalue weighted by Gasteiger charge is -2.09. The number of rotatable bonds is 5. The van der Waals surface area contributed by atoms with Gasteiger partial charge in [0.25, 0.3) is 0 Å². The summed E-state index contributed by atoms with van der Waals surface area (Å²) in [6.07, 6.45) is 1.60. The fraction of sp³-hybridized carbons (Fsp3) is 0.0625. The van der Waals surface area contributed by atoms with Crippen molar-refractivity contribution >= 4 is 5.97 Å². The molecule has 0 aromatic heterocycles. The van der Waals surface area contributed by atoms with Crippen molar-refractivity contribution in [1.82, 2.24) is 0 Å². The summed E-state index contributed by atoms with van der Waals surface area (Å²) in [5, 5.41) is 9.18. The van der Waals surface area contributed by atoms with Crippen LogP contribution in [0.3, 0.4) is 0 Å². The molecule has 2 aromatic carbocycles. The Labute approximate surface area is 116 Å². The molecule has 0 radical (unpaired) electrons. The van der Waals surface area contributed by atoms with Gasteiger partial charge in [-0.05, 0) is 36.4 Å². The third-order valence-corrected chi connectivity index (χ3v) is 2.51. The Morgan fingerprint density at radius 3 is 2.55 bits per heavy atom. The molecule has 0 amide bonds. The molecule has 0 spiro atoms. The Morgan fingerprint density at radius 1 is 1.15 bits per heavy atom. The second kappa shape index (κ2) is 6.43. The van der Waals surface area contributed by atoms with Crippen LogP contribution in [0.1, 0.15) is 10.4 Å². The van der Waals surface area contributed by atoms with Crippen LogP contribution in [0.25, 0.3) is 0 Å². The van der Waals surface area contributed by atoms with Crippen LogP contribution >= 0.6 is 0 Å². The predicted octanol–water partition coefficient (Wildman–Crippen LogP) is 3.18. The molecular formula is C16H14O4. The Kier molecular flexibility index (Phi) is 4.39. The van der Waals surface area contributed by atoms with Gasteiger partial charge in [-0.1, -0.05) is 24.8 Å². The van der Waals surface area contributed by atoms with E-state index in [-0.39, 0.29) is 5.75 Å². The molecule has 0 atom stereocenters. The maximum atomic E-state index is 12.1. The largest absolute Gasteiger partial charge is 0.508 e. The Balaban J connectivity index is 2.16. The van der Waals surface area contributed by atoms with Gasteiger partial charge in [-0.15, -0.1) is 0 Å². The van der Waals surface area contributed by atoms with Gasteiger partial charge in [0.1, 0.15) is 29.4 Å². The van der Waals surface area contributed by atoms with Crippen LogP contribution in [0.2, 0.25) is 0 Å². The summed E-state index contributed by atoms with van der Waals surface area (Å²) in [6.45, 7) is 3.87. The fourth-order valence-corrected chi connectivity index (χ4v) is 1.59. The Morgan fingerprint density at radius 2 is 1.85 bits per heavy atom. The van der Waals surface area contributed by atoms with E-state index in [1.165, 1.54) is 24.3 Å². The van der Waals surface area contributed by atoms with Crippen molar-refractivity contribution in [3.63, 3.8) is 0 Å². The molecular weight excluding hydrogens is 256 g/mol. The number of aromatic hydroxyl groups is 1. The molecule has 1 N–H and O–H groups in total. The number of hydrogen-bond donors (Lipinski definition) is 1. The van der Waals surface area contributed by atoms with Gasteiger partial charge in [0.05, 0.1) is 0 Å². The van der Waals surface area contributed by atoms with Crippen molar-refractivity contribution in [1.29, 1.82) is 0 Å². The summed E-state index contributed by atoms with van der Waals surface area (Å²) >= 11 is 0. The SMILES string of the molecule is C=CCOc1ccccc1C(=O)Oc1ccc(O)cc1. The molecule has 4 nitrogen and oxygen atoms in total. The normalized spacial score (nSPS) is 9.80. The third kappa shape index (κ3) is 3.38. The number of carbonyl (C=O) groups excluding carboxylic acids is 1. The lowest BCUT2D eigenvalue weighted by Crippen LogP contribution is -2.10. The van der Waals surface area contributed by atoms with E-state index in [0.717, 1.165) is 0 Å². The first kappa shape index (κ1) is 13.7. The quantitative estimate of drug-likeness (QED) is 0.515. The van der Waals surface area contributed by atoms with Crippen LogP contribution < -0.4 is 9.47 Å². The highest BCUT2D eigenvalue weighted by atomic mass is 16.5. The molecule has 4 heteroatoms. The van der Waals surface area contributed by atoms with Crippen LogP contribution in [0.5, 0.6) is 17.2 Å². The highest BCUT2D eigenvalue weighted by Gasteiger charge is 2.14. The van der Waals surface area contributed by atoms with Crippen molar-refractivity contribution in [2.24, 2.45) is 0 Å². The van der Waals surface area contributed by atoms with E-state index in [1.807, 2.05) is 0 Å². The van der Waals surface area contributed by atoms with Crippen LogP contribution in [0, 0.1) is 0 Å². The standard InChI is InChI=1S/C16H14O4/c1-2-11-19-15-6-4-3-5-14(15)16(18)20-13-9-7-12(17)8-10-13/h2-10,17H,1,11H2. The van der Waals surface area contributed by atoms with Crippen molar-refractivity contribution in [3.05, 3.63) is 66.7 Å². The molecule has 0 aliphatic rings. The van der Waals surface area contributed by atoms with Crippen LogP contribution in [-0.4, -0.2) is 17.7 Å². The van der Waals surface area contributed by atoms with Gasteiger partial charge in [-0.3, -0.25) is 0 Å². The van der Waals surface area contributed by atoms with Gasteiger partial charge >= 0.3 is 5.97 Å². The van der Waals surface area contributed by atoms with Crippen molar-refractivity contribution in [2.45, 2.75) is 0 Å². The van der Waals surface area contributed by atoms with E-state index in [1.54, 1.807) is 30.3 Å². The third-order valence-electron chi connectivity index (χ3n) is 2.51. The lowest BCUT2D eigenvalue weighted by atomic mass is 10.2. The van der Waals surface area contributed by atoms with Gasteiger partial charge in [-0.2, -0.15) is 0 Å². The minimum atomic E-state index is -0.518.